The zero-order chi connectivity index (χ0) is 15.0. The molecule has 1 rings (SSSR count). The lowest BCUT2D eigenvalue weighted by Crippen LogP contribution is -2.41. The molecule has 0 unspecified atom stereocenters. The molecular weight excluding hydrogens is 278 g/mol. The third kappa shape index (κ3) is 4.94. The quantitative estimate of drug-likeness (QED) is 0.395. The van der Waals surface area contributed by atoms with Gasteiger partial charge in [0.25, 0.3) is 0 Å². The van der Waals surface area contributed by atoms with Gasteiger partial charge in [-0.1, -0.05) is 13.3 Å². The first-order chi connectivity index (χ1) is 9.60. The standard InChI is InChI=1S/C14H21NO4S/c1-2-4-13(15(19)10-16)12(14(17)18)6-3-5-11-7-8-20-9-11/h7-10,12-13,19H,2-6H2,1H3,(H,17,18)/t12-,13+/m1/s1. The SMILES string of the molecule is CCC[C@@H]([C@@H](CCCc1ccsc1)C(=O)O)N(O)C=O. The van der Waals surface area contributed by atoms with Crippen molar-refractivity contribution in [1.82, 2.24) is 5.06 Å². The van der Waals surface area contributed by atoms with Gasteiger partial charge < -0.3 is 5.11 Å². The maximum Gasteiger partial charge on any atom is 0.308 e. The number of carbonyl (C=O) groups excluding carboxylic acids is 1. The van der Waals surface area contributed by atoms with E-state index in [1.807, 2.05) is 23.8 Å². The average molecular weight is 299 g/mol. The number of aryl methyl sites for hydroxylation is 1. The van der Waals surface area contributed by atoms with E-state index in [1.165, 1.54) is 5.56 Å². The third-order valence-corrected chi connectivity index (χ3v) is 4.11. The lowest BCUT2D eigenvalue weighted by atomic mass is 9.90. The van der Waals surface area contributed by atoms with Crippen LogP contribution in [0.5, 0.6) is 0 Å². The van der Waals surface area contributed by atoms with Gasteiger partial charge in [-0.05, 0) is 48.1 Å². The summed E-state index contributed by atoms with van der Waals surface area (Å²) in [6.07, 6.45) is 3.46. The van der Waals surface area contributed by atoms with Gasteiger partial charge in [-0.2, -0.15) is 11.3 Å². The first-order valence-electron chi connectivity index (χ1n) is 6.76. The topological polar surface area (TPSA) is 77.8 Å². The minimum Gasteiger partial charge on any atom is -0.481 e. The summed E-state index contributed by atoms with van der Waals surface area (Å²) >= 11 is 1.62. The molecule has 0 aliphatic carbocycles. The molecule has 5 nitrogen and oxygen atoms in total. The number of aliphatic carboxylic acids is 1. The highest BCUT2D eigenvalue weighted by Gasteiger charge is 2.31. The van der Waals surface area contributed by atoms with Gasteiger partial charge in [-0.3, -0.25) is 14.8 Å². The van der Waals surface area contributed by atoms with Crippen LogP contribution in [0, 0.1) is 5.92 Å². The van der Waals surface area contributed by atoms with E-state index in [-0.39, 0.29) is 6.41 Å². The van der Waals surface area contributed by atoms with E-state index in [9.17, 15) is 19.9 Å². The zero-order valence-electron chi connectivity index (χ0n) is 11.6. The van der Waals surface area contributed by atoms with E-state index in [0.29, 0.717) is 24.3 Å². The van der Waals surface area contributed by atoms with E-state index in [0.717, 1.165) is 12.8 Å². The Kier molecular flexibility index (Phi) is 7.25. The lowest BCUT2D eigenvalue weighted by molar-refractivity contribution is -0.173. The minimum absolute atomic E-state index is 0.287. The second kappa shape index (κ2) is 8.71. The molecule has 6 heteroatoms. The molecule has 1 amide bonds. The molecule has 1 aromatic heterocycles. The molecule has 1 aromatic rings. The van der Waals surface area contributed by atoms with Crippen LogP contribution in [0.2, 0.25) is 0 Å². The molecule has 0 aromatic carbocycles. The number of hydrogen-bond donors (Lipinski definition) is 2. The number of carboxylic acids is 1. The first-order valence-corrected chi connectivity index (χ1v) is 7.70. The number of amides is 1. The molecule has 20 heavy (non-hydrogen) atoms. The Morgan fingerprint density at radius 1 is 1.50 bits per heavy atom. The van der Waals surface area contributed by atoms with E-state index in [2.05, 4.69) is 0 Å². The number of carboxylic acid groups (broad SMARTS) is 1. The van der Waals surface area contributed by atoms with Crippen molar-refractivity contribution in [1.29, 1.82) is 0 Å². The molecule has 1 heterocycles. The van der Waals surface area contributed by atoms with Gasteiger partial charge in [0.2, 0.25) is 6.41 Å². The van der Waals surface area contributed by atoms with Gasteiger partial charge in [0, 0.05) is 0 Å². The van der Waals surface area contributed by atoms with Crippen LogP contribution in [0.25, 0.3) is 0 Å². The summed E-state index contributed by atoms with van der Waals surface area (Å²) in [6.45, 7) is 1.90. The number of thiophene rings is 1. The van der Waals surface area contributed by atoms with Gasteiger partial charge in [0.05, 0.1) is 12.0 Å². The van der Waals surface area contributed by atoms with Crippen LogP contribution in [0.1, 0.15) is 38.2 Å². The molecule has 2 atom stereocenters. The smallest absolute Gasteiger partial charge is 0.308 e. The second-order valence-corrected chi connectivity index (χ2v) is 5.59. The van der Waals surface area contributed by atoms with E-state index >= 15 is 0 Å². The normalized spacial score (nSPS) is 13.7. The monoisotopic (exact) mass is 299 g/mol. The average Bonchev–Trinajstić information content (AvgIpc) is 2.93. The molecule has 0 spiro atoms. The van der Waals surface area contributed by atoms with Crippen LogP contribution in [-0.2, 0) is 16.0 Å². The summed E-state index contributed by atoms with van der Waals surface area (Å²) in [4.78, 5) is 22.1. The predicted molar refractivity (Wildman–Crippen MR) is 76.8 cm³/mol. The number of nitrogens with zero attached hydrogens (tertiary/aromatic N) is 1. The number of rotatable bonds is 10. The molecule has 0 saturated heterocycles. The fraction of sp³-hybridized carbons (Fsp3) is 0.571. The van der Waals surface area contributed by atoms with E-state index < -0.39 is 17.9 Å². The largest absolute Gasteiger partial charge is 0.481 e. The predicted octanol–water partition coefficient (Wildman–Crippen LogP) is 2.79. The van der Waals surface area contributed by atoms with Crippen molar-refractivity contribution >= 4 is 23.7 Å². The first kappa shape index (κ1) is 16.7. The second-order valence-electron chi connectivity index (χ2n) is 4.81. The molecular formula is C14H21NO4S. The van der Waals surface area contributed by atoms with Crippen LogP contribution in [0.4, 0.5) is 0 Å². The molecule has 0 fully saturated rings. The highest BCUT2D eigenvalue weighted by atomic mass is 32.1. The summed E-state index contributed by atoms with van der Waals surface area (Å²) in [5.41, 5.74) is 1.20. The number of hydrogen-bond acceptors (Lipinski definition) is 4. The minimum atomic E-state index is -0.963. The van der Waals surface area contributed by atoms with Gasteiger partial charge >= 0.3 is 5.97 Å². The molecule has 0 aliphatic heterocycles. The highest BCUT2D eigenvalue weighted by molar-refractivity contribution is 7.07. The van der Waals surface area contributed by atoms with Crippen molar-refractivity contribution < 1.29 is 19.9 Å². The Bertz CT molecular complexity index is 407. The molecule has 0 radical (unpaired) electrons. The zero-order valence-corrected chi connectivity index (χ0v) is 12.4. The van der Waals surface area contributed by atoms with Crippen molar-refractivity contribution in [2.45, 2.75) is 45.1 Å². The number of hydroxylamine groups is 2. The highest BCUT2D eigenvalue weighted by Crippen LogP contribution is 2.22. The molecule has 112 valence electrons. The summed E-state index contributed by atoms with van der Waals surface area (Å²) in [7, 11) is 0. The van der Waals surface area contributed by atoms with Gasteiger partial charge in [0.15, 0.2) is 0 Å². The van der Waals surface area contributed by atoms with E-state index in [4.69, 9.17) is 0 Å². The van der Waals surface area contributed by atoms with Crippen LogP contribution in [0.3, 0.4) is 0 Å². The van der Waals surface area contributed by atoms with Crippen molar-refractivity contribution in [2.75, 3.05) is 0 Å². The maximum absolute atomic E-state index is 11.4. The molecule has 0 saturated carbocycles. The maximum atomic E-state index is 11.4. The fourth-order valence-electron chi connectivity index (χ4n) is 2.33. The van der Waals surface area contributed by atoms with Crippen LogP contribution < -0.4 is 0 Å². The summed E-state index contributed by atoms with van der Waals surface area (Å²) in [5.74, 6) is -1.70. The van der Waals surface area contributed by atoms with Crippen LogP contribution in [0.15, 0.2) is 16.8 Å². The lowest BCUT2D eigenvalue weighted by Gasteiger charge is -2.27. The van der Waals surface area contributed by atoms with Gasteiger partial charge in [0.1, 0.15) is 0 Å². The van der Waals surface area contributed by atoms with E-state index in [1.54, 1.807) is 11.3 Å². The van der Waals surface area contributed by atoms with Crippen molar-refractivity contribution in [2.24, 2.45) is 5.92 Å². The molecule has 0 bridgehead atoms. The Labute approximate surface area is 122 Å². The van der Waals surface area contributed by atoms with Crippen molar-refractivity contribution in [3.63, 3.8) is 0 Å². The Morgan fingerprint density at radius 2 is 2.25 bits per heavy atom. The van der Waals surface area contributed by atoms with Crippen LogP contribution in [-0.4, -0.2) is 33.8 Å². The summed E-state index contributed by atoms with van der Waals surface area (Å²) in [5, 5.41) is 23.4. The van der Waals surface area contributed by atoms with Gasteiger partial charge in [-0.25, -0.2) is 5.06 Å². The van der Waals surface area contributed by atoms with Crippen molar-refractivity contribution in [3.8, 4) is 0 Å². The molecule has 0 aliphatic rings. The fourth-order valence-corrected chi connectivity index (χ4v) is 3.04. The summed E-state index contributed by atoms with van der Waals surface area (Å²) < 4.78 is 0. The Hall–Kier alpha value is -1.40. The van der Waals surface area contributed by atoms with Crippen LogP contribution >= 0.6 is 11.3 Å². The Balaban J connectivity index is 2.60. The molecule has 2 N–H and O–H groups in total. The Morgan fingerprint density at radius 3 is 2.75 bits per heavy atom. The third-order valence-electron chi connectivity index (χ3n) is 3.37. The van der Waals surface area contributed by atoms with Gasteiger partial charge in [-0.15, -0.1) is 0 Å². The number of carbonyl (C=O) groups is 2. The summed E-state index contributed by atoms with van der Waals surface area (Å²) in [6, 6.07) is 1.37. The van der Waals surface area contributed by atoms with Crippen molar-refractivity contribution in [3.05, 3.63) is 22.4 Å².